The number of phenols is 1. The third-order valence-electron chi connectivity index (χ3n) is 3.37. The Kier molecular flexibility index (Phi) is 4.33. The summed E-state index contributed by atoms with van der Waals surface area (Å²) in [5, 5.41) is 18.5. The van der Waals surface area contributed by atoms with Crippen LogP contribution in [0.3, 0.4) is 0 Å². The van der Waals surface area contributed by atoms with Crippen molar-refractivity contribution in [3.05, 3.63) is 24.3 Å². The Hall–Kier alpha value is -2.02. The third kappa shape index (κ3) is 2.45. The number of anilines is 1. The monoisotopic (exact) mass is 246 g/mol. The molecule has 1 amide bonds. The largest absolute Gasteiger partial charge is 0.508 e. The molecule has 1 rings (SSSR count). The van der Waals surface area contributed by atoms with E-state index in [0.717, 1.165) is 0 Å². The van der Waals surface area contributed by atoms with Crippen molar-refractivity contribution in [3.8, 4) is 11.8 Å². The molecule has 0 atom stereocenters. The van der Waals surface area contributed by atoms with Crippen LogP contribution >= 0.6 is 0 Å². The van der Waals surface area contributed by atoms with Gasteiger partial charge in [-0.05, 0) is 37.1 Å². The summed E-state index contributed by atoms with van der Waals surface area (Å²) in [7, 11) is 1.64. The van der Waals surface area contributed by atoms with Crippen molar-refractivity contribution in [2.24, 2.45) is 5.41 Å². The van der Waals surface area contributed by atoms with E-state index >= 15 is 0 Å². The van der Waals surface area contributed by atoms with Crippen LogP contribution in [0, 0.1) is 16.7 Å². The van der Waals surface area contributed by atoms with Crippen molar-refractivity contribution in [1.82, 2.24) is 0 Å². The van der Waals surface area contributed by atoms with Crippen LogP contribution in [-0.2, 0) is 4.79 Å². The quantitative estimate of drug-likeness (QED) is 0.888. The van der Waals surface area contributed by atoms with E-state index in [9.17, 15) is 15.2 Å². The van der Waals surface area contributed by atoms with Crippen molar-refractivity contribution < 1.29 is 9.90 Å². The number of benzene rings is 1. The van der Waals surface area contributed by atoms with Gasteiger partial charge in [-0.2, -0.15) is 5.26 Å². The minimum absolute atomic E-state index is 0.150. The highest BCUT2D eigenvalue weighted by molar-refractivity contribution is 5.98. The second-order valence-corrected chi connectivity index (χ2v) is 4.28. The predicted octanol–water partition coefficient (Wildman–Crippen LogP) is 2.68. The molecule has 0 saturated heterocycles. The van der Waals surface area contributed by atoms with Crippen LogP contribution in [0.1, 0.15) is 26.7 Å². The van der Waals surface area contributed by atoms with Crippen LogP contribution < -0.4 is 4.90 Å². The Morgan fingerprint density at radius 2 is 1.83 bits per heavy atom. The number of carbonyl (C=O) groups excluding carboxylic acids is 1. The smallest absolute Gasteiger partial charge is 0.247 e. The number of amides is 1. The highest BCUT2D eigenvalue weighted by atomic mass is 16.3. The zero-order valence-electron chi connectivity index (χ0n) is 11.0. The number of hydrogen-bond donors (Lipinski definition) is 1. The number of rotatable bonds is 4. The van der Waals surface area contributed by atoms with E-state index in [2.05, 4.69) is 6.07 Å². The molecule has 0 fully saturated rings. The highest BCUT2D eigenvalue weighted by Crippen LogP contribution is 2.30. The van der Waals surface area contributed by atoms with Crippen molar-refractivity contribution in [2.75, 3.05) is 11.9 Å². The zero-order valence-corrected chi connectivity index (χ0v) is 11.0. The molecule has 0 heterocycles. The first-order valence-corrected chi connectivity index (χ1v) is 5.99. The lowest BCUT2D eigenvalue weighted by Gasteiger charge is -2.28. The van der Waals surface area contributed by atoms with E-state index in [0.29, 0.717) is 18.5 Å². The van der Waals surface area contributed by atoms with Gasteiger partial charge in [0.05, 0.1) is 6.07 Å². The summed E-state index contributed by atoms with van der Waals surface area (Å²) in [6, 6.07) is 8.48. The van der Waals surface area contributed by atoms with Gasteiger partial charge >= 0.3 is 0 Å². The first kappa shape index (κ1) is 14.0. The Bertz CT molecular complexity index is 456. The maximum Gasteiger partial charge on any atom is 0.247 e. The Labute approximate surface area is 107 Å². The van der Waals surface area contributed by atoms with Crippen molar-refractivity contribution >= 4 is 11.6 Å². The Balaban J connectivity index is 3.03. The molecule has 0 bridgehead atoms. The summed E-state index contributed by atoms with van der Waals surface area (Å²) < 4.78 is 0. The van der Waals surface area contributed by atoms with E-state index in [1.807, 2.05) is 13.8 Å². The highest BCUT2D eigenvalue weighted by Gasteiger charge is 2.37. The van der Waals surface area contributed by atoms with Crippen LogP contribution in [0.4, 0.5) is 5.69 Å². The maximum atomic E-state index is 12.4. The van der Waals surface area contributed by atoms with Gasteiger partial charge in [-0.3, -0.25) is 4.79 Å². The fourth-order valence-electron chi connectivity index (χ4n) is 1.87. The Morgan fingerprint density at radius 1 is 1.33 bits per heavy atom. The number of nitrogens with zero attached hydrogens (tertiary/aromatic N) is 2. The molecule has 0 aliphatic carbocycles. The average molecular weight is 246 g/mol. The third-order valence-corrected chi connectivity index (χ3v) is 3.37. The Morgan fingerprint density at radius 3 is 2.22 bits per heavy atom. The van der Waals surface area contributed by atoms with Crippen LogP contribution in [0.15, 0.2) is 24.3 Å². The molecule has 4 nitrogen and oxygen atoms in total. The number of carbonyl (C=O) groups is 1. The van der Waals surface area contributed by atoms with E-state index in [-0.39, 0.29) is 11.7 Å². The molecule has 1 aromatic rings. The number of nitriles is 1. The van der Waals surface area contributed by atoms with Gasteiger partial charge in [0.1, 0.15) is 11.2 Å². The number of hydrogen-bond acceptors (Lipinski definition) is 3. The minimum Gasteiger partial charge on any atom is -0.508 e. The summed E-state index contributed by atoms with van der Waals surface area (Å²) in [5.74, 6) is -0.0576. The minimum atomic E-state index is -0.966. The first-order valence-electron chi connectivity index (χ1n) is 5.99. The standard InChI is InChI=1S/C14H18N2O2/c1-4-14(5-2,10-15)13(18)16(3)11-6-8-12(17)9-7-11/h6-9,17H,4-5H2,1-3H3. The average Bonchev–Trinajstić information content (AvgIpc) is 2.41. The zero-order chi connectivity index (χ0) is 13.8. The molecule has 18 heavy (non-hydrogen) atoms. The lowest BCUT2D eigenvalue weighted by molar-refractivity contribution is -0.125. The maximum absolute atomic E-state index is 12.4. The van der Waals surface area contributed by atoms with Crippen LogP contribution in [0.5, 0.6) is 5.75 Å². The number of aromatic hydroxyl groups is 1. The molecule has 0 saturated carbocycles. The SMILES string of the molecule is CCC(C#N)(CC)C(=O)N(C)c1ccc(O)cc1. The molecular weight excluding hydrogens is 228 g/mol. The van der Waals surface area contributed by atoms with Crippen LogP contribution in [0.25, 0.3) is 0 Å². The molecule has 0 spiro atoms. The normalized spacial score (nSPS) is 10.8. The van der Waals surface area contributed by atoms with Gasteiger partial charge in [-0.15, -0.1) is 0 Å². The fraction of sp³-hybridized carbons (Fsp3) is 0.429. The van der Waals surface area contributed by atoms with Gasteiger partial charge in [0.2, 0.25) is 5.91 Å². The second kappa shape index (κ2) is 5.54. The summed E-state index contributed by atoms with van der Waals surface area (Å²) in [5.41, 5.74) is -0.300. The van der Waals surface area contributed by atoms with Crippen LogP contribution in [-0.4, -0.2) is 18.1 Å². The molecule has 1 N–H and O–H groups in total. The molecule has 0 aliphatic rings. The van der Waals surface area contributed by atoms with Crippen molar-refractivity contribution in [3.63, 3.8) is 0 Å². The van der Waals surface area contributed by atoms with Gasteiger partial charge in [-0.1, -0.05) is 13.8 Å². The molecule has 0 unspecified atom stereocenters. The number of phenolic OH excluding ortho intramolecular Hbond substituents is 1. The lowest BCUT2D eigenvalue weighted by atomic mass is 9.82. The molecular formula is C14H18N2O2. The lowest BCUT2D eigenvalue weighted by Crippen LogP contribution is -2.40. The van der Waals surface area contributed by atoms with Gasteiger partial charge in [-0.25, -0.2) is 0 Å². The van der Waals surface area contributed by atoms with Crippen LogP contribution in [0.2, 0.25) is 0 Å². The molecule has 0 aliphatic heterocycles. The molecule has 4 heteroatoms. The molecule has 96 valence electrons. The first-order chi connectivity index (χ1) is 8.50. The molecule has 1 aromatic carbocycles. The van der Waals surface area contributed by atoms with Gasteiger partial charge in [0.15, 0.2) is 0 Å². The van der Waals surface area contributed by atoms with Crippen molar-refractivity contribution in [1.29, 1.82) is 5.26 Å². The summed E-state index contributed by atoms with van der Waals surface area (Å²) in [6.07, 6.45) is 0.975. The van der Waals surface area contributed by atoms with Gasteiger partial charge in [0, 0.05) is 12.7 Å². The van der Waals surface area contributed by atoms with Gasteiger partial charge < -0.3 is 10.0 Å². The van der Waals surface area contributed by atoms with E-state index in [4.69, 9.17) is 0 Å². The molecule has 0 aromatic heterocycles. The molecule has 0 radical (unpaired) electrons. The summed E-state index contributed by atoms with van der Waals surface area (Å²) in [4.78, 5) is 13.9. The second-order valence-electron chi connectivity index (χ2n) is 4.28. The fourth-order valence-corrected chi connectivity index (χ4v) is 1.87. The van der Waals surface area contributed by atoms with Crippen molar-refractivity contribution in [2.45, 2.75) is 26.7 Å². The van der Waals surface area contributed by atoms with Gasteiger partial charge in [0.25, 0.3) is 0 Å². The topological polar surface area (TPSA) is 64.3 Å². The summed E-state index contributed by atoms with van der Waals surface area (Å²) >= 11 is 0. The van der Waals surface area contributed by atoms with E-state index in [1.54, 1.807) is 19.2 Å². The van der Waals surface area contributed by atoms with E-state index < -0.39 is 5.41 Å². The summed E-state index contributed by atoms with van der Waals surface area (Å²) in [6.45, 7) is 3.69. The predicted molar refractivity (Wildman–Crippen MR) is 70.1 cm³/mol. The van der Waals surface area contributed by atoms with E-state index in [1.165, 1.54) is 17.0 Å².